The van der Waals surface area contributed by atoms with Crippen molar-refractivity contribution in [1.29, 1.82) is 0 Å². The molecule has 0 atom stereocenters. The monoisotopic (exact) mass is 306 g/mol. The van der Waals surface area contributed by atoms with Crippen LogP contribution in [0.4, 0.5) is 0 Å². The number of hydrogen-bond donors (Lipinski definition) is 0. The Morgan fingerprint density at radius 3 is 2.50 bits per heavy atom. The largest absolute Gasteiger partial charge is 0.463 e. The minimum absolute atomic E-state index is 0.249. The Bertz CT molecular complexity index is 455. The van der Waals surface area contributed by atoms with E-state index in [2.05, 4.69) is 19.9 Å². The van der Waals surface area contributed by atoms with Gasteiger partial charge in [0.25, 0.3) is 0 Å². The first-order valence-corrected chi connectivity index (χ1v) is 8.44. The molecule has 0 heterocycles. The first-order chi connectivity index (χ1) is 10.7. The molecule has 3 nitrogen and oxygen atoms in total. The molecule has 0 aromatic carbocycles. The summed E-state index contributed by atoms with van der Waals surface area (Å²) in [7, 11) is 1.73. The Balaban J connectivity index is 3.12. The Morgan fingerprint density at radius 2 is 1.91 bits per heavy atom. The van der Waals surface area contributed by atoms with E-state index in [9.17, 15) is 4.79 Å². The van der Waals surface area contributed by atoms with Gasteiger partial charge in [0.2, 0.25) is 0 Å². The number of methoxy groups -OCH3 is 1. The fraction of sp³-hybridized carbons (Fsp3) is 0.632. The summed E-state index contributed by atoms with van der Waals surface area (Å²) >= 11 is 0. The molecule has 0 saturated heterocycles. The molecule has 1 rings (SSSR count). The van der Waals surface area contributed by atoms with Gasteiger partial charge in [-0.1, -0.05) is 38.3 Å². The molecular formula is C19H30O3. The zero-order valence-electron chi connectivity index (χ0n) is 14.5. The summed E-state index contributed by atoms with van der Waals surface area (Å²) in [4.78, 5) is 11.7. The van der Waals surface area contributed by atoms with Crippen molar-refractivity contribution in [1.82, 2.24) is 0 Å². The van der Waals surface area contributed by atoms with Crippen LogP contribution in [-0.2, 0) is 14.3 Å². The van der Waals surface area contributed by atoms with Crippen LogP contribution in [0.2, 0.25) is 0 Å². The molecule has 3 heteroatoms. The Morgan fingerprint density at radius 1 is 1.18 bits per heavy atom. The van der Waals surface area contributed by atoms with E-state index < -0.39 is 0 Å². The van der Waals surface area contributed by atoms with Gasteiger partial charge in [0.15, 0.2) is 0 Å². The number of carbonyl (C=O) groups excluding carboxylic acids is 1. The van der Waals surface area contributed by atoms with Crippen molar-refractivity contribution in [3.8, 4) is 0 Å². The summed E-state index contributed by atoms with van der Waals surface area (Å²) < 4.78 is 10.4. The third-order valence-electron chi connectivity index (χ3n) is 3.83. The van der Waals surface area contributed by atoms with Crippen LogP contribution in [-0.4, -0.2) is 26.3 Å². The van der Waals surface area contributed by atoms with Crippen molar-refractivity contribution < 1.29 is 14.3 Å². The van der Waals surface area contributed by atoms with Gasteiger partial charge in [-0.05, 0) is 49.3 Å². The molecule has 0 amide bonds. The van der Waals surface area contributed by atoms with Crippen molar-refractivity contribution in [3.63, 3.8) is 0 Å². The van der Waals surface area contributed by atoms with Crippen molar-refractivity contribution in [2.24, 2.45) is 0 Å². The van der Waals surface area contributed by atoms with Crippen LogP contribution in [0, 0.1) is 0 Å². The normalized spacial score (nSPS) is 17.5. The van der Waals surface area contributed by atoms with Crippen LogP contribution >= 0.6 is 0 Å². The molecule has 0 aliphatic heterocycles. The molecule has 0 aromatic rings. The highest BCUT2D eigenvalue weighted by Gasteiger charge is 2.16. The van der Waals surface area contributed by atoms with Crippen LogP contribution in [0.15, 0.2) is 34.4 Å². The smallest absolute Gasteiger partial charge is 0.331 e. The summed E-state index contributed by atoms with van der Waals surface area (Å²) in [6, 6.07) is 0. The summed E-state index contributed by atoms with van der Waals surface area (Å²) in [6.07, 6.45) is 10.2. The lowest BCUT2D eigenvalue weighted by atomic mass is 9.93. The molecule has 0 aromatic heterocycles. The molecule has 1 aliphatic rings. The Hall–Kier alpha value is -1.35. The first-order valence-electron chi connectivity index (χ1n) is 8.44. The maximum Gasteiger partial charge on any atom is 0.331 e. The predicted octanol–water partition coefficient (Wildman–Crippen LogP) is 4.74. The second kappa shape index (κ2) is 10.4. The van der Waals surface area contributed by atoms with Crippen molar-refractivity contribution in [3.05, 3.63) is 34.4 Å². The number of esters is 1. The van der Waals surface area contributed by atoms with Gasteiger partial charge in [-0.25, -0.2) is 4.79 Å². The van der Waals surface area contributed by atoms with Crippen molar-refractivity contribution in [2.45, 2.75) is 59.3 Å². The highest BCUT2D eigenvalue weighted by atomic mass is 16.5. The van der Waals surface area contributed by atoms with Gasteiger partial charge in [-0.15, -0.1) is 0 Å². The van der Waals surface area contributed by atoms with Crippen molar-refractivity contribution >= 4 is 5.97 Å². The number of ether oxygens (including phenoxy) is 2. The quantitative estimate of drug-likeness (QED) is 0.480. The van der Waals surface area contributed by atoms with E-state index >= 15 is 0 Å². The fourth-order valence-corrected chi connectivity index (χ4v) is 2.95. The van der Waals surface area contributed by atoms with Gasteiger partial charge in [0.05, 0.1) is 13.2 Å². The van der Waals surface area contributed by atoms with E-state index in [-0.39, 0.29) is 5.97 Å². The third-order valence-corrected chi connectivity index (χ3v) is 3.83. The topological polar surface area (TPSA) is 35.5 Å². The molecule has 0 bridgehead atoms. The minimum Gasteiger partial charge on any atom is -0.463 e. The minimum atomic E-state index is -0.249. The molecule has 124 valence electrons. The lowest BCUT2D eigenvalue weighted by molar-refractivity contribution is -0.137. The molecule has 0 N–H and O–H groups in total. The molecule has 0 spiro atoms. The van der Waals surface area contributed by atoms with Gasteiger partial charge >= 0.3 is 5.97 Å². The Kier molecular flexibility index (Phi) is 8.83. The maximum atomic E-state index is 11.7. The number of rotatable bonds is 8. The Labute approximate surface area is 135 Å². The van der Waals surface area contributed by atoms with Crippen LogP contribution in [0.3, 0.4) is 0 Å². The van der Waals surface area contributed by atoms with E-state index in [1.165, 1.54) is 16.7 Å². The van der Waals surface area contributed by atoms with E-state index in [1.54, 1.807) is 13.2 Å². The summed E-state index contributed by atoms with van der Waals surface area (Å²) in [5.41, 5.74) is 5.24. The average Bonchev–Trinajstić information content (AvgIpc) is 2.62. The number of carbonyl (C=O) groups is 1. The van der Waals surface area contributed by atoms with Gasteiger partial charge in [-0.3, -0.25) is 0 Å². The van der Waals surface area contributed by atoms with Crippen molar-refractivity contribution in [2.75, 3.05) is 20.3 Å². The SMILES string of the molecule is CCCC1=C(CCC)C(COC)=C/C(=C\C(=O)OCC)CC1. The lowest BCUT2D eigenvalue weighted by Crippen LogP contribution is -2.02. The molecule has 1 aliphatic carbocycles. The van der Waals surface area contributed by atoms with Crippen LogP contribution in [0.1, 0.15) is 59.3 Å². The molecule has 0 saturated carbocycles. The fourth-order valence-electron chi connectivity index (χ4n) is 2.95. The first kappa shape index (κ1) is 18.7. The van der Waals surface area contributed by atoms with Gasteiger partial charge in [0, 0.05) is 13.2 Å². The number of hydrogen-bond acceptors (Lipinski definition) is 3. The van der Waals surface area contributed by atoms with Gasteiger partial charge in [0.1, 0.15) is 0 Å². The van der Waals surface area contributed by atoms with E-state index in [0.717, 1.165) is 44.1 Å². The zero-order chi connectivity index (χ0) is 16.4. The molecular weight excluding hydrogens is 276 g/mol. The highest BCUT2D eigenvalue weighted by Crippen LogP contribution is 2.32. The molecule has 0 unspecified atom stereocenters. The lowest BCUT2D eigenvalue weighted by Gasteiger charge is -2.15. The van der Waals surface area contributed by atoms with Gasteiger partial charge < -0.3 is 9.47 Å². The summed E-state index contributed by atoms with van der Waals surface area (Å²) in [5, 5.41) is 0. The summed E-state index contributed by atoms with van der Waals surface area (Å²) in [5.74, 6) is -0.249. The van der Waals surface area contributed by atoms with Crippen LogP contribution in [0.25, 0.3) is 0 Å². The van der Waals surface area contributed by atoms with Crippen LogP contribution < -0.4 is 0 Å². The second-order valence-electron chi connectivity index (χ2n) is 5.66. The second-order valence-corrected chi connectivity index (χ2v) is 5.66. The van der Waals surface area contributed by atoms with E-state index in [1.807, 2.05) is 6.92 Å². The highest BCUT2D eigenvalue weighted by molar-refractivity contribution is 5.83. The third kappa shape index (κ3) is 5.80. The number of allylic oxidation sites excluding steroid dienone is 3. The average molecular weight is 306 g/mol. The molecule has 0 fully saturated rings. The standard InChI is InChI=1S/C19H30O3/c1-5-8-16-11-10-15(13-19(20)22-7-3)12-17(14-21-4)18(16)9-6-2/h12-13H,5-11,14H2,1-4H3/b15-13-. The van der Waals surface area contributed by atoms with E-state index in [4.69, 9.17) is 9.47 Å². The summed E-state index contributed by atoms with van der Waals surface area (Å²) in [6.45, 7) is 7.27. The van der Waals surface area contributed by atoms with Gasteiger partial charge in [-0.2, -0.15) is 0 Å². The zero-order valence-corrected chi connectivity index (χ0v) is 14.5. The van der Waals surface area contributed by atoms with Crippen LogP contribution in [0.5, 0.6) is 0 Å². The molecule has 0 radical (unpaired) electrons. The maximum absolute atomic E-state index is 11.7. The van der Waals surface area contributed by atoms with E-state index in [0.29, 0.717) is 13.2 Å². The predicted molar refractivity (Wildman–Crippen MR) is 90.8 cm³/mol. The molecule has 22 heavy (non-hydrogen) atoms.